The van der Waals surface area contributed by atoms with Crippen LogP contribution in [0.1, 0.15) is 29.0 Å². The molecule has 2 N–H and O–H groups in total. The number of hydrogen-bond acceptors (Lipinski definition) is 5. The molecule has 0 unspecified atom stereocenters. The first-order valence-electron chi connectivity index (χ1n) is 7.90. The van der Waals surface area contributed by atoms with Crippen LogP contribution in [-0.2, 0) is 0 Å². The lowest BCUT2D eigenvalue weighted by Gasteiger charge is -2.32. The topological polar surface area (TPSA) is 92.9 Å². The smallest absolute Gasteiger partial charge is 0.274 e. The first-order chi connectivity index (χ1) is 11.6. The molecule has 1 aliphatic carbocycles. The highest BCUT2D eigenvalue weighted by Crippen LogP contribution is 2.23. The Morgan fingerprint density at radius 2 is 2.17 bits per heavy atom. The number of nitrogens with zero attached hydrogens (tertiary/aromatic N) is 4. The molecule has 24 heavy (non-hydrogen) atoms. The fraction of sp³-hybridized carbons (Fsp3) is 0.294. The van der Waals surface area contributed by atoms with E-state index in [1.165, 1.54) is 0 Å². The van der Waals surface area contributed by atoms with Crippen LogP contribution in [0.5, 0.6) is 0 Å². The van der Waals surface area contributed by atoms with Gasteiger partial charge >= 0.3 is 0 Å². The highest BCUT2D eigenvalue weighted by molar-refractivity contribution is 5.94. The van der Waals surface area contributed by atoms with E-state index in [0.29, 0.717) is 5.69 Å². The van der Waals surface area contributed by atoms with Crippen LogP contribution in [0.3, 0.4) is 0 Å². The van der Waals surface area contributed by atoms with Gasteiger partial charge in [-0.25, -0.2) is 4.68 Å². The number of carbonyl (C=O) groups excluding carboxylic acids is 1. The molecule has 1 amide bonds. The Bertz CT molecular complexity index is 915. The average Bonchev–Trinajstić information content (AvgIpc) is 2.99. The quantitative estimate of drug-likeness (QED) is 0.759. The number of aliphatic hydroxyl groups excluding tert-OH is 1. The van der Waals surface area contributed by atoms with Gasteiger partial charge in [-0.1, -0.05) is 11.3 Å². The van der Waals surface area contributed by atoms with E-state index in [1.54, 1.807) is 17.8 Å². The number of fused-ring (bicyclic) bond motifs is 1. The first kappa shape index (κ1) is 14.8. The summed E-state index contributed by atoms with van der Waals surface area (Å²) in [6, 6.07) is 9.38. The van der Waals surface area contributed by atoms with Crippen LogP contribution in [0.25, 0.3) is 16.6 Å². The largest absolute Gasteiger partial charge is 0.391 e. The minimum absolute atomic E-state index is 0.191. The van der Waals surface area contributed by atoms with Gasteiger partial charge in [-0.2, -0.15) is 0 Å². The summed E-state index contributed by atoms with van der Waals surface area (Å²) in [6.07, 6.45) is 2.78. The zero-order valence-electron chi connectivity index (χ0n) is 13.2. The van der Waals surface area contributed by atoms with Crippen LogP contribution >= 0.6 is 0 Å². The van der Waals surface area contributed by atoms with Crippen molar-refractivity contribution in [2.24, 2.45) is 0 Å². The Morgan fingerprint density at radius 1 is 1.29 bits per heavy atom. The molecular formula is C17H17N5O2. The molecule has 2 atom stereocenters. The van der Waals surface area contributed by atoms with Gasteiger partial charge in [-0.3, -0.25) is 9.78 Å². The Labute approximate surface area is 138 Å². The fourth-order valence-corrected chi connectivity index (χ4v) is 2.93. The maximum atomic E-state index is 12.4. The van der Waals surface area contributed by atoms with Gasteiger partial charge < -0.3 is 10.4 Å². The van der Waals surface area contributed by atoms with Gasteiger partial charge in [-0.05, 0) is 44.0 Å². The van der Waals surface area contributed by atoms with Crippen LogP contribution in [0, 0.1) is 6.92 Å². The maximum Gasteiger partial charge on any atom is 0.274 e. The van der Waals surface area contributed by atoms with Crippen LogP contribution in [0.15, 0.2) is 36.5 Å². The zero-order chi connectivity index (χ0) is 16.7. The Morgan fingerprint density at radius 3 is 2.92 bits per heavy atom. The van der Waals surface area contributed by atoms with Gasteiger partial charge in [-0.15, -0.1) is 5.10 Å². The minimum Gasteiger partial charge on any atom is -0.391 e. The van der Waals surface area contributed by atoms with E-state index in [1.807, 2.05) is 30.3 Å². The predicted molar refractivity (Wildman–Crippen MR) is 87.9 cm³/mol. The number of aromatic nitrogens is 4. The molecule has 4 rings (SSSR count). The van der Waals surface area contributed by atoms with Crippen LogP contribution < -0.4 is 5.32 Å². The minimum atomic E-state index is -0.464. The van der Waals surface area contributed by atoms with Crippen molar-refractivity contribution in [3.05, 3.63) is 47.9 Å². The van der Waals surface area contributed by atoms with E-state index in [9.17, 15) is 9.90 Å². The zero-order valence-corrected chi connectivity index (χ0v) is 13.2. The second-order valence-corrected chi connectivity index (χ2v) is 6.01. The van der Waals surface area contributed by atoms with Crippen molar-refractivity contribution in [2.45, 2.75) is 31.9 Å². The van der Waals surface area contributed by atoms with Crippen molar-refractivity contribution in [1.82, 2.24) is 25.3 Å². The summed E-state index contributed by atoms with van der Waals surface area (Å²) in [5.41, 5.74) is 2.61. The first-order valence-corrected chi connectivity index (χ1v) is 7.90. The van der Waals surface area contributed by atoms with Crippen molar-refractivity contribution < 1.29 is 9.90 Å². The summed E-state index contributed by atoms with van der Waals surface area (Å²) >= 11 is 0. The van der Waals surface area contributed by atoms with Gasteiger partial charge in [0.25, 0.3) is 5.91 Å². The molecule has 0 bridgehead atoms. The molecule has 7 heteroatoms. The molecule has 0 aliphatic heterocycles. The molecule has 122 valence electrons. The number of nitrogens with one attached hydrogen (secondary N) is 1. The number of benzene rings is 1. The van der Waals surface area contributed by atoms with Crippen LogP contribution in [0.4, 0.5) is 0 Å². The lowest BCUT2D eigenvalue weighted by atomic mass is 9.89. The predicted octanol–water partition coefficient (Wildman–Crippen LogP) is 1.38. The van der Waals surface area contributed by atoms with Gasteiger partial charge in [0, 0.05) is 11.6 Å². The van der Waals surface area contributed by atoms with Gasteiger partial charge in [0.05, 0.1) is 29.0 Å². The Balaban J connectivity index is 1.70. The fourth-order valence-electron chi connectivity index (χ4n) is 2.93. The molecule has 0 spiro atoms. The molecule has 0 saturated heterocycles. The van der Waals surface area contributed by atoms with E-state index >= 15 is 0 Å². The molecule has 3 aromatic rings. The third-order valence-electron chi connectivity index (χ3n) is 4.51. The summed E-state index contributed by atoms with van der Waals surface area (Å²) in [5.74, 6) is -0.305. The second-order valence-electron chi connectivity index (χ2n) is 6.01. The molecule has 1 fully saturated rings. The summed E-state index contributed by atoms with van der Waals surface area (Å²) < 4.78 is 1.65. The third-order valence-corrected chi connectivity index (χ3v) is 4.51. The summed E-state index contributed by atoms with van der Waals surface area (Å²) in [6.45, 7) is 1.81. The van der Waals surface area contributed by atoms with Crippen molar-refractivity contribution in [2.75, 3.05) is 0 Å². The van der Waals surface area contributed by atoms with Gasteiger partial charge in [0.1, 0.15) is 0 Å². The number of rotatable bonds is 3. The molecule has 1 saturated carbocycles. The van der Waals surface area contributed by atoms with Gasteiger partial charge in [0.2, 0.25) is 0 Å². The van der Waals surface area contributed by atoms with E-state index < -0.39 is 6.10 Å². The number of carbonyl (C=O) groups is 1. The number of aliphatic hydroxyl groups is 1. The molecule has 1 aliphatic rings. The number of amides is 1. The normalized spacial score (nSPS) is 19.9. The second kappa shape index (κ2) is 5.68. The lowest BCUT2D eigenvalue weighted by molar-refractivity contribution is 0.0445. The van der Waals surface area contributed by atoms with E-state index in [0.717, 1.165) is 29.4 Å². The molecule has 0 radical (unpaired) electrons. The van der Waals surface area contributed by atoms with Gasteiger partial charge in [0.15, 0.2) is 5.69 Å². The maximum absolute atomic E-state index is 12.4. The number of hydrogen-bond donors (Lipinski definition) is 2. The third kappa shape index (κ3) is 2.33. The standard InChI is InChI=1S/C17H17N5O2/c1-10-16(17(24)19-13-7-8-15(13)23)20-21-22(10)14-6-2-5-12-11(14)4-3-9-18-12/h2-6,9,13,15,23H,7-8H2,1H3,(H,19,24)/t13-,15-/m1/s1. The van der Waals surface area contributed by atoms with Crippen LogP contribution in [0.2, 0.25) is 0 Å². The van der Waals surface area contributed by atoms with Crippen molar-refractivity contribution >= 4 is 16.8 Å². The molecule has 1 aromatic carbocycles. The van der Waals surface area contributed by atoms with Crippen LogP contribution in [-0.4, -0.2) is 43.1 Å². The highest BCUT2D eigenvalue weighted by atomic mass is 16.3. The van der Waals surface area contributed by atoms with Crippen molar-refractivity contribution in [3.8, 4) is 5.69 Å². The van der Waals surface area contributed by atoms with E-state index in [2.05, 4.69) is 20.6 Å². The molecular weight excluding hydrogens is 306 g/mol. The molecule has 2 aromatic heterocycles. The Hall–Kier alpha value is -2.80. The van der Waals surface area contributed by atoms with E-state index in [4.69, 9.17) is 0 Å². The monoisotopic (exact) mass is 323 g/mol. The summed E-state index contributed by atoms with van der Waals surface area (Å²) in [4.78, 5) is 16.7. The van der Waals surface area contributed by atoms with Crippen molar-refractivity contribution in [3.63, 3.8) is 0 Å². The van der Waals surface area contributed by atoms with Crippen molar-refractivity contribution in [1.29, 1.82) is 0 Å². The lowest BCUT2D eigenvalue weighted by Crippen LogP contribution is -2.50. The Kier molecular flexibility index (Phi) is 3.50. The average molecular weight is 323 g/mol. The summed E-state index contributed by atoms with van der Waals surface area (Å²) in [5, 5.41) is 21.5. The molecule has 2 heterocycles. The molecule has 7 nitrogen and oxygen atoms in total. The number of pyridine rings is 1. The highest BCUT2D eigenvalue weighted by Gasteiger charge is 2.31. The SMILES string of the molecule is Cc1c(C(=O)N[C@@H]2CC[C@H]2O)nnn1-c1cccc2ncccc12. The van der Waals surface area contributed by atoms with E-state index in [-0.39, 0.29) is 17.6 Å². The summed E-state index contributed by atoms with van der Waals surface area (Å²) in [7, 11) is 0.